The standard InChI is InChI=1S/C18H18Br2S3/c1-7-8(2)14(16-10(4)12(6)18(20)23-16)21-13(7)15-9(3)11(5)17(19)22-15/h1-6H3. The smallest absolute Gasteiger partial charge is 0.0737 e. The first kappa shape index (κ1) is 17.9. The van der Waals surface area contributed by atoms with Crippen molar-refractivity contribution in [2.45, 2.75) is 41.5 Å². The van der Waals surface area contributed by atoms with Crippen molar-refractivity contribution in [2.75, 3.05) is 0 Å². The molecule has 0 unspecified atom stereocenters. The zero-order valence-electron chi connectivity index (χ0n) is 14.0. The second-order valence-electron chi connectivity index (χ2n) is 5.92. The van der Waals surface area contributed by atoms with Crippen molar-refractivity contribution in [3.8, 4) is 19.5 Å². The molecular formula is C18H18Br2S3. The lowest BCUT2D eigenvalue weighted by Crippen LogP contribution is -1.80. The summed E-state index contributed by atoms with van der Waals surface area (Å²) < 4.78 is 2.51. The first-order chi connectivity index (χ1) is 10.7. The Balaban J connectivity index is 2.23. The van der Waals surface area contributed by atoms with Crippen LogP contribution in [-0.4, -0.2) is 0 Å². The van der Waals surface area contributed by atoms with Gasteiger partial charge < -0.3 is 0 Å². The molecule has 0 radical (unpaired) electrons. The Kier molecular flexibility index (Phi) is 4.98. The van der Waals surface area contributed by atoms with Crippen LogP contribution in [-0.2, 0) is 0 Å². The van der Waals surface area contributed by atoms with E-state index in [0.717, 1.165) is 0 Å². The Hall–Kier alpha value is 0.0600. The number of thiophene rings is 3. The molecule has 0 bridgehead atoms. The highest BCUT2D eigenvalue weighted by molar-refractivity contribution is 9.11. The van der Waals surface area contributed by atoms with Crippen LogP contribution in [0.25, 0.3) is 19.5 Å². The largest absolute Gasteiger partial charge is 0.133 e. The van der Waals surface area contributed by atoms with E-state index in [4.69, 9.17) is 0 Å². The minimum Gasteiger partial charge on any atom is -0.133 e. The molecule has 0 saturated heterocycles. The third kappa shape index (κ3) is 2.82. The molecule has 0 amide bonds. The summed E-state index contributed by atoms with van der Waals surface area (Å²) in [6.45, 7) is 13.4. The third-order valence-corrected chi connectivity index (χ3v) is 10.9. The van der Waals surface area contributed by atoms with Crippen LogP contribution in [0.3, 0.4) is 0 Å². The number of halogens is 2. The SMILES string of the molecule is Cc1c(Br)sc(-c2sc(-c3sc(Br)c(C)c3C)c(C)c2C)c1C. The van der Waals surface area contributed by atoms with Crippen LogP contribution < -0.4 is 0 Å². The fourth-order valence-corrected chi connectivity index (χ4v) is 8.03. The minimum absolute atomic E-state index is 1.25. The number of rotatable bonds is 2. The third-order valence-electron chi connectivity index (χ3n) is 4.64. The van der Waals surface area contributed by atoms with Crippen LogP contribution in [0.5, 0.6) is 0 Å². The molecule has 0 aliphatic rings. The minimum atomic E-state index is 1.25. The van der Waals surface area contributed by atoms with Crippen LogP contribution >= 0.6 is 65.9 Å². The van der Waals surface area contributed by atoms with Crippen LogP contribution in [0, 0.1) is 41.5 Å². The number of hydrogen-bond donors (Lipinski definition) is 0. The van der Waals surface area contributed by atoms with Gasteiger partial charge in [0.05, 0.1) is 7.57 Å². The topological polar surface area (TPSA) is 0 Å². The Bertz CT molecular complexity index is 837. The van der Waals surface area contributed by atoms with Gasteiger partial charge in [-0.1, -0.05) is 0 Å². The summed E-state index contributed by atoms with van der Waals surface area (Å²) in [7, 11) is 0. The van der Waals surface area contributed by atoms with E-state index in [1.807, 2.05) is 34.0 Å². The predicted octanol–water partition coefficient (Wildman–Crippen LogP) is 8.58. The van der Waals surface area contributed by atoms with Crippen molar-refractivity contribution in [1.82, 2.24) is 0 Å². The molecule has 0 aliphatic heterocycles. The van der Waals surface area contributed by atoms with Crippen LogP contribution in [0.15, 0.2) is 7.57 Å². The maximum atomic E-state index is 3.70. The molecule has 3 rings (SSSR count). The summed E-state index contributed by atoms with van der Waals surface area (Å²) in [4.78, 5) is 5.68. The average Bonchev–Trinajstić information content (AvgIpc) is 3.04. The highest BCUT2D eigenvalue weighted by atomic mass is 79.9. The van der Waals surface area contributed by atoms with Crippen LogP contribution in [0.1, 0.15) is 33.4 Å². The van der Waals surface area contributed by atoms with Gasteiger partial charge in [0.1, 0.15) is 0 Å². The Labute approximate surface area is 166 Å². The van der Waals surface area contributed by atoms with Gasteiger partial charge in [0.2, 0.25) is 0 Å². The van der Waals surface area contributed by atoms with E-state index in [-0.39, 0.29) is 0 Å². The van der Waals surface area contributed by atoms with Gasteiger partial charge in [-0.15, -0.1) is 34.0 Å². The maximum absolute atomic E-state index is 3.70. The van der Waals surface area contributed by atoms with Gasteiger partial charge in [0.25, 0.3) is 0 Å². The summed E-state index contributed by atoms with van der Waals surface area (Å²) >= 11 is 13.1. The van der Waals surface area contributed by atoms with Gasteiger partial charge in [-0.05, 0) is 107 Å². The molecule has 0 saturated carbocycles. The fourth-order valence-electron chi connectivity index (χ4n) is 2.58. The molecule has 0 nitrogen and oxygen atoms in total. The second-order valence-corrected chi connectivity index (χ2v) is 11.6. The maximum Gasteiger partial charge on any atom is 0.0737 e. The Morgan fingerprint density at radius 1 is 0.435 bits per heavy atom. The van der Waals surface area contributed by atoms with Gasteiger partial charge in [0, 0.05) is 19.5 Å². The van der Waals surface area contributed by atoms with Crippen molar-refractivity contribution >= 4 is 65.9 Å². The van der Waals surface area contributed by atoms with Crippen molar-refractivity contribution < 1.29 is 0 Å². The summed E-state index contributed by atoms with van der Waals surface area (Å²) in [5.41, 5.74) is 8.37. The molecule has 0 N–H and O–H groups in total. The average molecular weight is 490 g/mol. The van der Waals surface area contributed by atoms with Gasteiger partial charge in [0.15, 0.2) is 0 Å². The Morgan fingerprint density at radius 3 is 0.957 bits per heavy atom. The first-order valence-corrected chi connectivity index (χ1v) is 11.4. The predicted molar refractivity (Wildman–Crippen MR) is 115 cm³/mol. The van der Waals surface area contributed by atoms with E-state index < -0.39 is 0 Å². The molecule has 0 atom stereocenters. The normalized spacial score (nSPS) is 11.5. The van der Waals surface area contributed by atoms with Crippen molar-refractivity contribution in [1.29, 1.82) is 0 Å². The molecule has 5 heteroatoms. The summed E-state index contributed by atoms with van der Waals surface area (Å²) in [5, 5.41) is 0. The molecule has 0 aliphatic carbocycles. The zero-order chi connectivity index (χ0) is 17.0. The van der Waals surface area contributed by atoms with Gasteiger partial charge in [-0.2, -0.15) is 0 Å². The number of hydrogen-bond acceptors (Lipinski definition) is 3. The lowest BCUT2D eigenvalue weighted by Gasteiger charge is -1.99. The van der Waals surface area contributed by atoms with E-state index in [9.17, 15) is 0 Å². The molecule has 122 valence electrons. The fraction of sp³-hybridized carbons (Fsp3) is 0.333. The molecule has 3 aromatic heterocycles. The zero-order valence-corrected chi connectivity index (χ0v) is 19.6. The Morgan fingerprint density at radius 2 is 0.696 bits per heavy atom. The molecule has 0 fully saturated rings. The van der Waals surface area contributed by atoms with Gasteiger partial charge >= 0.3 is 0 Å². The van der Waals surface area contributed by atoms with Gasteiger partial charge in [-0.25, -0.2) is 0 Å². The molecule has 3 aromatic rings. The van der Waals surface area contributed by atoms with Crippen molar-refractivity contribution in [3.05, 3.63) is 41.0 Å². The van der Waals surface area contributed by atoms with E-state index >= 15 is 0 Å². The lowest BCUT2D eigenvalue weighted by molar-refractivity contribution is 1.36. The second kappa shape index (κ2) is 6.41. The van der Waals surface area contributed by atoms with Crippen LogP contribution in [0.2, 0.25) is 0 Å². The van der Waals surface area contributed by atoms with E-state index in [1.54, 1.807) is 0 Å². The quantitative estimate of drug-likeness (QED) is 0.338. The van der Waals surface area contributed by atoms with E-state index in [2.05, 4.69) is 73.4 Å². The highest BCUT2D eigenvalue weighted by Gasteiger charge is 2.22. The molecule has 0 spiro atoms. The van der Waals surface area contributed by atoms with E-state index in [1.165, 1.54) is 60.5 Å². The lowest BCUT2D eigenvalue weighted by atomic mass is 10.1. The highest BCUT2D eigenvalue weighted by Crippen LogP contribution is 2.50. The first-order valence-electron chi connectivity index (χ1n) is 7.35. The van der Waals surface area contributed by atoms with E-state index in [0.29, 0.717) is 0 Å². The molecule has 23 heavy (non-hydrogen) atoms. The molecular weight excluding hydrogens is 472 g/mol. The molecule has 3 heterocycles. The van der Waals surface area contributed by atoms with Gasteiger partial charge in [-0.3, -0.25) is 0 Å². The van der Waals surface area contributed by atoms with Crippen molar-refractivity contribution in [3.63, 3.8) is 0 Å². The van der Waals surface area contributed by atoms with Crippen molar-refractivity contribution in [2.24, 2.45) is 0 Å². The summed E-state index contributed by atoms with van der Waals surface area (Å²) in [6, 6.07) is 0. The summed E-state index contributed by atoms with van der Waals surface area (Å²) in [6.07, 6.45) is 0. The monoisotopic (exact) mass is 488 g/mol. The molecule has 0 aromatic carbocycles. The summed E-state index contributed by atoms with van der Waals surface area (Å²) in [5.74, 6) is 0. The van der Waals surface area contributed by atoms with Crippen LogP contribution in [0.4, 0.5) is 0 Å².